The summed E-state index contributed by atoms with van der Waals surface area (Å²) in [6, 6.07) is 0. The normalized spacial score (nSPS) is 24.7. The van der Waals surface area contributed by atoms with Crippen molar-refractivity contribution in [2.24, 2.45) is 0 Å². The minimum atomic E-state index is -0.0556. The molecule has 3 nitrogen and oxygen atoms in total. The summed E-state index contributed by atoms with van der Waals surface area (Å²) in [4.78, 5) is 0. The topological polar surface area (TPSA) is 42.3 Å². The second-order valence-electron chi connectivity index (χ2n) is 2.30. The molecule has 0 aromatic heterocycles. The third kappa shape index (κ3) is 1.70. The second kappa shape index (κ2) is 3.56. The van der Waals surface area contributed by atoms with Crippen LogP contribution in [0.3, 0.4) is 0 Å². The highest BCUT2D eigenvalue weighted by Gasteiger charge is 2.20. The highest BCUT2D eigenvalue weighted by molar-refractivity contribution is 5.77. The SMILES string of the molecule is CCOC(=N)C1CCCO1. The molecule has 10 heavy (non-hydrogen) atoms. The molecular weight excluding hydrogens is 130 g/mol. The zero-order valence-electron chi connectivity index (χ0n) is 6.22. The summed E-state index contributed by atoms with van der Waals surface area (Å²) < 4.78 is 10.2. The molecule has 3 heteroatoms. The Kier molecular flexibility index (Phi) is 2.68. The van der Waals surface area contributed by atoms with E-state index in [-0.39, 0.29) is 6.10 Å². The van der Waals surface area contributed by atoms with Gasteiger partial charge in [-0.2, -0.15) is 0 Å². The largest absolute Gasteiger partial charge is 0.480 e. The maximum atomic E-state index is 7.34. The van der Waals surface area contributed by atoms with Crippen LogP contribution in [0.4, 0.5) is 0 Å². The number of ether oxygens (including phenoxy) is 2. The Bertz CT molecular complexity index is 119. The summed E-state index contributed by atoms with van der Waals surface area (Å²) in [6.07, 6.45) is 1.94. The lowest BCUT2D eigenvalue weighted by molar-refractivity contribution is 0.131. The van der Waals surface area contributed by atoms with Crippen molar-refractivity contribution in [2.45, 2.75) is 25.9 Å². The quantitative estimate of drug-likeness (QED) is 0.466. The molecule has 0 radical (unpaired) electrons. The first kappa shape index (κ1) is 7.54. The maximum absolute atomic E-state index is 7.34. The zero-order valence-corrected chi connectivity index (χ0v) is 6.22. The first-order valence-corrected chi connectivity index (χ1v) is 3.67. The van der Waals surface area contributed by atoms with Gasteiger partial charge >= 0.3 is 0 Å². The van der Waals surface area contributed by atoms with Gasteiger partial charge in [0, 0.05) is 6.61 Å². The van der Waals surface area contributed by atoms with Crippen LogP contribution < -0.4 is 0 Å². The van der Waals surface area contributed by atoms with Gasteiger partial charge in [0.1, 0.15) is 6.10 Å². The van der Waals surface area contributed by atoms with E-state index in [9.17, 15) is 0 Å². The van der Waals surface area contributed by atoms with Crippen molar-refractivity contribution in [3.05, 3.63) is 0 Å². The van der Waals surface area contributed by atoms with E-state index in [1.807, 2.05) is 6.92 Å². The fourth-order valence-corrected chi connectivity index (χ4v) is 1.03. The standard InChI is InChI=1S/C7H13NO2/c1-2-9-7(8)6-4-3-5-10-6/h6,8H,2-5H2,1H3. The van der Waals surface area contributed by atoms with E-state index in [2.05, 4.69) is 0 Å². The number of hydrogen-bond donors (Lipinski definition) is 1. The van der Waals surface area contributed by atoms with Crippen molar-refractivity contribution in [3.8, 4) is 0 Å². The van der Waals surface area contributed by atoms with E-state index < -0.39 is 0 Å². The van der Waals surface area contributed by atoms with Gasteiger partial charge in [-0.15, -0.1) is 0 Å². The van der Waals surface area contributed by atoms with E-state index in [0.29, 0.717) is 12.5 Å². The monoisotopic (exact) mass is 143 g/mol. The Hall–Kier alpha value is -0.570. The van der Waals surface area contributed by atoms with Gasteiger partial charge in [-0.1, -0.05) is 0 Å². The summed E-state index contributed by atoms with van der Waals surface area (Å²) in [5.41, 5.74) is 0. The molecule has 1 atom stereocenters. The van der Waals surface area contributed by atoms with Gasteiger partial charge in [-0.25, -0.2) is 0 Å². The van der Waals surface area contributed by atoms with Crippen LogP contribution in [-0.2, 0) is 9.47 Å². The fourth-order valence-electron chi connectivity index (χ4n) is 1.03. The van der Waals surface area contributed by atoms with Gasteiger partial charge in [0.15, 0.2) is 0 Å². The van der Waals surface area contributed by atoms with Gasteiger partial charge in [0.2, 0.25) is 5.90 Å². The van der Waals surface area contributed by atoms with Crippen molar-refractivity contribution in [1.29, 1.82) is 5.41 Å². The third-order valence-electron chi connectivity index (χ3n) is 1.52. The minimum Gasteiger partial charge on any atom is -0.480 e. The average Bonchev–Trinajstić information content (AvgIpc) is 2.38. The smallest absolute Gasteiger partial charge is 0.210 e. The molecule has 1 unspecified atom stereocenters. The fraction of sp³-hybridized carbons (Fsp3) is 0.857. The molecule has 1 aliphatic rings. The summed E-state index contributed by atoms with van der Waals surface area (Å²) in [5.74, 6) is 0.292. The zero-order chi connectivity index (χ0) is 7.40. The van der Waals surface area contributed by atoms with Crippen LogP contribution >= 0.6 is 0 Å². The number of rotatable bonds is 2. The van der Waals surface area contributed by atoms with Crippen molar-refractivity contribution in [2.75, 3.05) is 13.2 Å². The van der Waals surface area contributed by atoms with Gasteiger partial charge in [0.25, 0.3) is 0 Å². The van der Waals surface area contributed by atoms with Crippen LogP contribution in [0.25, 0.3) is 0 Å². The molecule has 0 aromatic carbocycles. The van der Waals surface area contributed by atoms with Crippen LogP contribution in [0.15, 0.2) is 0 Å². The van der Waals surface area contributed by atoms with E-state index in [1.165, 1.54) is 0 Å². The van der Waals surface area contributed by atoms with Crippen molar-refractivity contribution < 1.29 is 9.47 Å². The molecule has 1 N–H and O–H groups in total. The molecule has 1 heterocycles. The Morgan fingerprint density at radius 1 is 1.80 bits per heavy atom. The Morgan fingerprint density at radius 3 is 3.10 bits per heavy atom. The van der Waals surface area contributed by atoms with Gasteiger partial charge in [0.05, 0.1) is 6.61 Å². The highest BCUT2D eigenvalue weighted by atomic mass is 16.5. The lowest BCUT2D eigenvalue weighted by Crippen LogP contribution is -2.21. The molecule has 58 valence electrons. The van der Waals surface area contributed by atoms with Crippen LogP contribution in [0.1, 0.15) is 19.8 Å². The summed E-state index contributed by atoms with van der Waals surface area (Å²) in [7, 11) is 0. The predicted octanol–water partition coefficient (Wildman–Crippen LogP) is 1.18. The van der Waals surface area contributed by atoms with E-state index in [0.717, 1.165) is 19.4 Å². The van der Waals surface area contributed by atoms with Crippen LogP contribution in [0.5, 0.6) is 0 Å². The molecule has 1 rings (SSSR count). The predicted molar refractivity (Wildman–Crippen MR) is 38.3 cm³/mol. The van der Waals surface area contributed by atoms with E-state index in [4.69, 9.17) is 14.9 Å². The van der Waals surface area contributed by atoms with Crippen LogP contribution in [-0.4, -0.2) is 25.2 Å². The molecular formula is C7H13NO2. The molecule has 0 saturated carbocycles. The van der Waals surface area contributed by atoms with Crippen LogP contribution in [0, 0.1) is 5.41 Å². The molecule has 1 fully saturated rings. The average molecular weight is 143 g/mol. The molecule has 0 spiro atoms. The maximum Gasteiger partial charge on any atom is 0.210 e. The van der Waals surface area contributed by atoms with Gasteiger partial charge in [-0.05, 0) is 19.8 Å². The molecule has 0 aliphatic carbocycles. The minimum absolute atomic E-state index is 0.0556. The number of hydrogen-bond acceptors (Lipinski definition) is 3. The lowest BCUT2D eigenvalue weighted by atomic mass is 10.2. The number of nitrogens with one attached hydrogen (secondary N) is 1. The Morgan fingerprint density at radius 2 is 2.60 bits per heavy atom. The highest BCUT2D eigenvalue weighted by Crippen LogP contribution is 2.13. The van der Waals surface area contributed by atoms with Gasteiger partial charge < -0.3 is 9.47 Å². The second-order valence-corrected chi connectivity index (χ2v) is 2.30. The molecule has 0 amide bonds. The van der Waals surface area contributed by atoms with Crippen molar-refractivity contribution in [1.82, 2.24) is 0 Å². The lowest BCUT2D eigenvalue weighted by Gasteiger charge is -2.10. The van der Waals surface area contributed by atoms with Crippen molar-refractivity contribution >= 4 is 5.90 Å². The molecule has 1 aliphatic heterocycles. The summed E-state index contributed by atoms with van der Waals surface area (Å²) >= 11 is 0. The summed E-state index contributed by atoms with van der Waals surface area (Å²) in [6.45, 7) is 3.22. The van der Waals surface area contributed by atoms with E-state index in [1.54, 1.807) is 0 Å². The third-order valence-corrected chi connectivity index (χ3v) is 1.52. The van der Waals surface area contributed by atoms with Crippen LogP contribution in [0.2, 0.25) is 0 Å². The summed E-state index contributed by atoms with van der Waals surface area (Å²) in [5, 5.41) is 7.34. The molecule has 0 bridgehead atoms. The first-order chi connectivity index (χ1) is 4.84. The molecule has 1 saturated heterocycles. The van der Waals surface area contributed by atoms with Gasteiger partial charge in [-0.3, -0.25) is 5.41 Å². The Balaban J connectivity index is 2.25. The first-order valence-electron chi connectivity index (χ1n) is 3.67. The van der Waals surface area contributed by atoms with Crippen molar-refractivity contribution in [3.63, 3.8) is 0 Å². The molecule has 0 aromatic rings. The van der Waals surface area contributed by atoms with E-state index >= 15 is 0 Å². The Labute approximate surface area is 60.8 Å².